The summed E-state index contributed by atoms with van der Waals surface area (Å²) in [6.07, 6.45) is 33.2. The molecular formula is C30H60O2. The van der Waals surface area contributed by atoms with E-state index in [2.05, 4.69) is 13.8 Å². The topological polar surface area (TPSA) is 26.3 Å². The third-order valence-corrected chi connectivity index (χ3v) is 6.95. The fourth-order valence-electron chi connectivity index (χ4n) is 4.74. The van der Waals surface area contributed by atoms with Crippen LogP contribution in [-0.4, -0.2) is 12.6 Å². The van der Waals surface area contributed by atoms with Crippen LogP contribution in [-0.2, 0) is 9.53 Å². The smallest absolute Gasteiger partial charge is 0.302 e. The zero-order valence-electron chi connectivity index (χ0n) is 22.6. The van der Waals surface area contributed by atoms with E-state index in [-0.39, 0.29) is 5.97 Å². The Morgan fingerprint density at radius 3 is 1.06 bits per heavy atom. The van der Waals surface area contributed by atoms with Crippen molar-refractivity contribution < 1.29 is 9.53 Å². The molecule has 2 nitrogen and oxygen atoms in total. The van der Waals surface area contributed by atoms with Crippen molar-refractivity contribution in [3.63, 3.8) is 0 Å². The van der Waals surface area contributed by atoms with E-state index in [0.717, 1.165) is 0 Å². The first-order chi connectivity index (χ1) is 15.7. The molecule has 0 fully saturated rings. The van der Waals surface area contributed by atoms with Crippen LogP contribution in [0, 0.1) is 5.92 Å². The normalized spacial score (nSPS) is 12.2. The first kappa shape index (κ1) is 31.5. The van der Waals surface area contributed by atoms with Crippen molar-refractivity contribution in [2.75, 3.05) is 6.61 Å². The first-order valence-electron chi connectivity index (χ1n) is 14.8. The molecule has 0 amide bonds. The Bertz CT molecular complexity index is 366. The van der Waals surface area contributed by atoms with Crippen LogP contribution in [0.5, 0.6) is 0 Å². The lowest BCUT2D eigenvalue weighted by molar-refractivity contribution is -0.142. The minimum Gasteiger partial charge on any atom is -0.466 e. The van der Waals surface area contributed by atoms with E-state index in [9.17, 15) is 4.79 Å². The summed E-state index contributed by atoms with van der Waals surface area (Å²) in [6.45, 7) is 6.76. The zero-order valence-corrected chi connectivity index (χ0v) is 22.6. The van der Waals surface area contributed by atoms with Gasteiger partial charge in [-0.3, -0.25) is 4.79 Å². The number of esters is 1. The van der Waals surface area contributed by atoms with Crippen molar-refractivity contribution in [3.8, 4) is 0 Å². The lowest BCUT2D eigenvalue weighted by Gasteiger charge is -2.16. The number of hydrogen-bond donors (Lipinski definition) is 0. The van der Waals surface area contributed by atoms with Gasteiger partial charge in [-0.2, -0.15) is 0 Å². The molecular weight excluding hydrogens is 392 g/mol. The van der Waals surface area contributed by atoms with E-state index < -0.39 is 0 Å². The van der Waals surface area contributed by atoms with Gasteiger partial charge in [-0.25, -0.2) is 0 Å². The molecule has 0 aliphatic heterocycles. The highest BCUT2D eigenvalue weighted by Crippen LogP contribution is 2.20. The van der Waals surface area contributed by atoms with Gasteiger partial charge in [-0.1, -0.05) is 155 Å². The summed E-state index contributed by atoms with van der Waals surface area (Å²) >= 11 is 0. The summed E-state index contributed by atoms with van der Waals surface area (Å²) < 4.78 is 5.36. The predicted molar refractivity (Wildman–Crippen MR) is 142 cm³/mol. The minimum atomic E-state index is -0.118. The monoisotopic (exact) mass is 452 g/mol. The Balaban J connectivity index is 3.62. The zero-order chi connectivity index (χ0) is 23.5. The second-order valence-corrected chi connectivity index (χ2v) is 10.3. The number of rotatable bonds is 26. The van der Waals surface area contributed by atoms with Gasteiger partial charge >= 0.3 is 5.97 Å². The molecule has 0 aromatic heterocycles. The third kappa shape index (κ3) is 25.7. The molecule has 0 saturated heterocycles. The Morgan fingerprint density at radius 2 is 0.781 bits per heavy atom. The molecule has 2 heteroatoms. The molecule has 0 saturated carbocycles. The summed E-state index contributed by atoms with van der Waals surface area (Å²) in [5.74, 6) is 0.462. The summed E-state index contributed by atoms with van der Waals surface area (Å²) in [4.78, 5) is 11.2. The molecule has 0 rings (SSSR count). The highest BCUT2D eigenvalue weighted by molar-refractivity contribution is 5.65. The van der Waals surface area contributed by atoms with Gasteiger partial charge in [0.15, 0.2) is 0 Å². The van der Waals surface area contributed by atoms with Crippen LogP contribution in [0.15, 0.2) is 0 Å². The van der Waals surface area contributed by atoms with Gasteiger partial charge < -0.3 is 4.74 Å². The van der Waals surface area contributed by atoms with Crippen molar-refractivity contribution >= 4 is 5.97 Å². The lowest BCUT2D eigenvalue weighted by Crippen LogP contribution is -2.12. The van der Waals surface area contributed by atoms with Gasteiger partial charge in [-0.05, 0) is 18.8 Å². The van der Waals surface area contributed by atoms with Gasteiger partial charge in [0.2, 0.25) is 0 Å². The van der Waals surface area contributed by atoms with E-state index in [4.69, 9.17) is 4.74 Å². The van der Waals surface area contributed by atoms with Crippen molar-refractivity contribution in [2.45, 2.75) is 175 Å². The molecule has 1 unspecified atom stereocenters. The maximum absolute atomic E-state index is 11.2. The highest BCUT2D eigenvalue weighted by atomic mass is 16.5. The van der Waals surface area contributed by atoms with E-state index >= 15 is 0 Å². The number of unbranched alkanes of at least 4 members (excludes halogenated alkanes) is 20. The second-order valence-electron chi connectivity index (χ2n) is 10.3. The van der Waals surface area contributed by atoms with Crippen LogP contribution in [0.3, 0.4) is 0 Å². The number of carbonyl (C=O) groups excluding carboxylic acids is 1. The summed E-state index contributed by atoms with van der Waals surface area (Å²) in [6, 6.07) is 0. The Kier molecular flexibility index (Phi) is 26.3. The molecule has 0 heterocycles. The maximum atomic E-state index is 11.2. The standard InChI is InChI=1S/C30H60O2/c1-4-6-8-10-12-14-16-17-19-21-23-25-27-30(28-32-29(3)31)26-24-22-20-18-15-13-11-9-7-5-2/h30H,4-28H2,1-3H3. The number of carbonyl (C=O) groups is 1. The summed E-state index contributed by atoms with van der Waals surface area (Å²) in [7, 11) is 0. The highest BCUT2D eigenvalue weighted by Gasteiger charge is 2.10. The first-order valence-corrected chi connectivity index (χ1v) is 14.8. The quantitative estimate of drug-likeness (QED) is 0.0963. The van der Waals surface area contributed by atoms with Crippen LogP contribution >= 0.6 is 0 Å². The Hall–Kier alpha value is -0.530. The average Bonchev–Trinajstić information content (AvgIpc) is 2.78. The molecule has 0 aliphatic rings. The van der Waals surface area contributed by atoms with Crippen molar-refractivity contribution in [2.24, 2.45) is 5.92 Å². The van der Waals surface area contributed by atoms with Crippen LogP contribution in [0.4, 0.5) is 0 Å². The molecule has 0 spiro atoms. The van der Waals surface area contributed by atoms with Crippen molar-refractivity contribution in [1.82, 2.24) is 0 Å². The molecule has 0 aromatic carbocycles. The van der Waals surface area contributed by atoms with Crippen LogP contribution in [0.1, 0.15) is 175 Å². The SMILES string of the molecule is CCCCCCCCCCCCCCC(CCCCCCCCCCCC)COC(C)=O. The van der Waals surface area contributed by atoms with Gasteiger partial charge in [0.25, 0.3) is 0 Å². The number of ether oxygens (including phenoxy) is 1. The Labute approximate surface area is 203 Å². The summed E-state index contributed by atoms with van der Waals surface area (Å²) in [5, 5.41) is 0. The Morgan fingerprint density at radius 1 is 0.500 bits per heavy atom. The molecule has 192 valence electrons. The van der Waals surface area contributed by atoms with E-state index in [0.29, 0.717) is 12.5 Å². The molecule has 1 atom stereocenters. The van der Waals surface area contributed by atoms with Gasteiger partial charge in [0.05, 0.1) is 6.61 Å². The van der Waals surface area contributed by atoms with Crippen LogP contribution < -0.4 is 0 Å². The molecule has 0 aromatic rings. The third-order valence-electron chi connectivity index (χ3n) is 6.95. The van der Waals surface area contributed by atoms with Gasteiger partial charge in [-0.15, -0.1) is 0 Å². The van der Waals surface area contributed by atoms with Crippen LogP contribution in [0.25, 0.3) is 0 Å². The maximum Gasteiger partial charge on any atom is 0.302 e. The van der Waals surface area contributed by atoms with Crippen molar-refractivity contribution in [3.05, 3.63) is 0 Å². The molecule has 32 heavy (non-hydrogen) atoms. The van der Waals surface area contributed by atoms with Gasteiger partial charge in [0, 0.05) is 6.92 Å². The van der Waals surface area contributed by atoms with E-state index in [1.807, 2.05) is 0 Å². The van der Waals surface area contributed by atoms with E-state index in [1.165, 1.54) is 154 Å². The molecule has 0 radical (unpaired) electrons. The van der Waals surface area contributed by atoms with Gasteiger partial charge in [0.1, 0.15) is 0 Å². The second kappa shape index (κ2) is 26.7. The van der Waals surface area contributed by atoms with E-state index in [1.54, 1.807) is 6.92 Å². The lowest BCUT2D eigenvalue weighted by atomic mass is 9.94. The summed E-state index contributed by atoms with van der Waals surface area (Å²) in [5.41, 5.74) is 0. The minimum absolute atomic E-state index is 0.118. The fourth-order valence-corrected chi connectivity index (χ4v) is 4.74. The average molecular weight is 453 g/mol. The fraction of sp³-hybridized carbons (Fsp3) is 0.967. The van der Waals surface area contributed by atoms with Crippen molar-refractivity contribution in [1.29, 1.82) is 0 Å². The molecule has 0 aliphatic carbocycles. The largest absolute Gasteiger partial charge is 0.466 e. The molecule has 0 N–H and O–H groups in total. The number of hydrogen-bond acceptors (Lipinski definition) is 2. The molecule has 0 bridgehead atoms. The van der Waals surface area contributed by atoms with Crippen LogP contribution in [0.2, 0.25) is 0 Å². The predicted octanol–water partition coefficient (Wildman–Crippen LogP) is 10.6.